The van der Waals surface area contributed by atoms with E-state index in [2.05, 4.69) is 25.6 Å². The molecule has 0 spiro atoms. The number of nitrogens with one attached hydrogen (secondary N) is 2. The lowest BCUT2D eigenvalue weighted by atomic mass is 10.4. The van der Waals surface area contributed by atoms with Gasteiger partial charge in [-0.25, -0.2) is 15.0 Å². The zero-order chi connectivity index (χ0) is 12.8. The average molecular weight is 265 g/mol. The fraction of sp³-hybridized carbons (Fsp3) is 0.364. The van der Waals surface area contributed by atoms with Crippen LogP contribution in [0.15, 0.2) is 17.0 Å². The Labute approximate surface area is 109 Å². The Bertz CT molecular complexity index is 488. The minimum absolute atomic E-state index is 0.390. The number of anilines is 2. The standard InChI is InChI=1S/C11H15N5OS/c1-12-9-3-10(16-11(15-9)5-17-2)13-4-8-6-18-7-14-8/h3,6-7H,4-5H2,1-2H3,(H2,12,13,15,16). The molecule has 0 fully saturated rings. The molecule has 2 rings (SSSR count). The molecule has 0 aliphatic carbocycles. The van der Waals surface area contributed by atoms with Crippen molar-refractivity contribution in [3.63, 3.8) is 0 Å². The first-order valence-electron chi connectivity index (χ1n) is 5.47. The van der Waals surface area contributed by atoms with Crippen LogP contribution in [0.3, 0.4) is 0 Å². The molecule has 0 atom stereocenters. The zero-order valence-corrected chi connectivity index (χ0v) is 11.1. The van der Waals surface area contributed by atoms with Crippen molar-refractivity contribution < 1.29 is 4.74 Å². The van der Waals surface area contributed by atoms with Gasteiger partial charge in [0.15, 0.2) is 5.82 Å². The molecule has 2 heterocycles. The van der Waals surface area contributed by atoms with E-state index in [0.717, 1.165) is 17.3 Å². The first-order valence-corrected chi connectivity index (χ1v) is 6.41. The van der Waals surface area contributed by atoms with Crippen LogP contribution >= 0.6 is 11.3 Å². The Morgan fingerprint density at radius 1 is 1.33 bits per heavy atom. The highest BCUT2D eigenvalue weighted by Gasteiger charge is 2.04. The topological polar surface area (TPSA) is 72.0 Å². The van der Waals surface area contributed by atoms with Gasteiger partial charge in [0.2, 0.25) is 0 Å². The summed E-state index contributed by atoms with van der Waals surface area (Å²) in [6.45, 7) is 1.04. The quantitative estimate of drug-likeness (QED) is 0.829. The molecule has 0 saturated carbocycles. The van der Waals surface area contributed by atoms with E-state index in [1.807, 2.05) is 24.0 Å². The highest BCUT2D eigenvalue weighted by molar-refractivity contribution is 7.07. The van der Waals surface area contributed by atoms with Crippen LogP contribution in [0.25, 0.3) is 0 Å². The second-order valence-electron chi connectivity index (χ2n) is 3.57. The normalized spacial score (nSPS) is 10.3. The number of thiazole rings is 1. The minimum Gasteiger partial charge on any atom is -0.377 e. The van der Waals surface area contributed by atoms with E-state index in [4.69, 9.17) is 4.74 Å². The molecule has 0 aromatic carbocycles. The van der Waals surface area contributed by atoms with E-state index in [1.54, 1.807) is 18.4 Å². The van der Waals surface area contributed by atoms with E-state index in [0.29, 0.717) is 19.0 Å². The second-order valence-corrected chi connectivity index (χ2v) is 4.29. The number of methoxy groups -OCH3 is 1. The second kappa shape index (κ2) is 6.27. The third-order valence-corrected chi connectivity index (χ3v) is 2.87. The van der Waals surface area contributed by atoms with Gasteiger partial charge in [0.1, 0.15) is 18.2 Å². The van der Waals surface area contributed by atoms with E-state index in [1.165, 1.54) is 0 Å². The molecule has 0 radical (unpaired) electrons. The summed E-state index contributed by atoms with van der Waals surface area (Å²) in [5.74, 6) is 2.16. The van der Waals surface area contributed by atoms with Crippen molar-refractivity contribution in [2.75, 3.05) is 24.8 Å². The molecule has 96 valence electrons. The van der Waals surface area contributed by atoms with Crippen molar-refractivity contribution >= 4 is 23.0 Å². The first kappa shape index (κ1) is 12.7. The molecule has 0 bridgehead atoms. The summed E-state index contributed by atoms with van der Waals surface area (Å²) < 4.78 is 5.04. The molecule has 0 saturated heterocycles. The van der Waals surface area contributed by atoms with Crippen LogP contribution in [0.2, 0.25) is 0 Å². The van der Waals surface area contributed by atoms with Gasteiger partial charge in [0.05, 0.1) is 17.7 Å². The molecule has 2 aromatic rings. The summed E-state index contributed by atoms with van der Waals surface area (Å²) in [5, 5.41) is 8.22. The summed E-state index contributed by atoms with van der Waals surface area (Å²) in [4.78, 5) is 12.8. The fourth-order valence-corrected chi connectivity index (χ4v) is 1.97. The summed E-state index contributed by atoms with van der Waals surface area (Å²) in [6.07, 6.45) is 0. The molecule has 0 unspecified atom stereocenters. The van der Waals surface area contributed by atoms with Crippen molar-refractivity contribution in [2.45, 2.75) is 13.2 Å². The van der Waals surface area contributed by atoms with Crippen molar-refractivity contribution in [3.05, 3.63) is 28.5 Å². The van der Waals surface area contributed by atoms with Crippen LogP contribution in [-0.4, -0.2) is 29.1 Å². The summed E-state index contributed by atoms with van der Waals surface area (Å²) in [6, 6.07) is 1.85. The highest BCUT2D eigenvalue weighted by Crippen LogP contribution is 2.12. The third kappa shape index (κ3) is 3.38. The maximum atomic E-state index is 5.04. The molecule has 2 N–H and O–H groups in total. The number of aromatic nitrogens is 3. The predicted molar refractivity (Wildman–Crippen MR) is 71.7 cm³/mol. The maximum Gasteiger partial charge on any atom is 0.158 e. The molecule has 0 aliphatic heterocycles. The van der Waals surface area contributed by atoms with Crippen molar-refractivity contribution in [1.29, 1.82) is 0 Å². The summed E-state index contributed by atoms with van der Waals surface area (Å²) >= 11 is 1.58. The minimum atomic E-state index is 0.390. The average Bonchev–Trinajstić information content (AvgIpc) is 2.89. The van der Waals surface area contributed by atoms with Gasteiger partial charge in [0.25, 0.3) is 0 Å². The van der Waals surface area contributed by atoms with Crippen molar-refractivity contribution in [2.24, 2.45) is 0 Å². The van der Waals surface area contributed by atoms with Crippen LogP contribution in [0.5, 0.6) is 0 Å². The lowest BCUT2D eigenvalue weighted by molar-refractivity contribution is 0.178. The molecule has 0 amide bonds. The highest BCUT2D eigenvalue weighted by atomic mass is 32.1. The van der Waals surface area contributed by atoms with E-state index in [9.17, 15) is 0 Å². The van der Waals surface area contributed by atoms with Gasteiger partial charge >= 0.3 is 0 Å². The molecule has 0 aliphatic rings. The summed E-state index contributed by atoms with van der Waals surface area (Å²) in [5.41, 5.74) is 2.81. The van der Waals surface area contributed by atoms with Gasteiger partial charge < -0.3 is 15.4 Å². The lowest BCUT2D eigenvalue weighted by Crippen LogP contribution is -2.07. The van der Waals surface area contributed by atoms with Crippen molar-refractivity contribution in [1.82, 2.24) is 15.0 Å². The maximum absolute atomic E-state index is 5.04. The van der Waals surface area contributed by atoms with Gasteiger partial charge in [0, 0.05) is 25.6 Å². The van der Waals surface area contributed by atoms with Gasteiger partial charge in [-0.15, -0.1) is 11.3 Å². The molecule has 18 heavy (non-hydrogen) atoms. The molecule has 7 heteroatoms. The molecule has 6 nitrogen and oxygen atoms in total. The van der Waals surface area contributed by atoms with Crippen LogP contribution in [0, 0.1) is 0 Å². The number of rotatable bonds is 6. The van der Waals surface area contributed by atoms with Gasteiger partial charge in [-0.1, -0.05) is 0 Å². The lowest BCUT2D eigenvalue weighted by Gasteiger charge is -2.08. The largest absolute Gasteiger partial charge is 0.377 e. The molecule has 2 aromatic heterocycles. The Hall–Kier alpha value is -1.73. The van der Waals surface area contributed by atoms with Crippen LogP contribution in [-0.2, 0) is 17.9 Å². The monoisotopic (exact) mass is 265 g/mol. The smallest absolute Gasteiger partial charge is 0.158 e. The predicted octanol–water partition coefficient (Wildman–Crippen LogP) is 1.73. The molecular formula is C11H15N5OS. The Balaban J connectivity index is 2.08. The van der Waals surface area contributed by atoms with Crippen LogP contribution in [0.1, 0.15) is 11.5 Å². The summed E-state index contributed by atoms with van der Waals surface area (Å²) in [7, 11) is 3.45. The number of ether oxygens (including phenoxy) is 1. The van der Waals surface area contributed by atoms with E-state index < -0.39 is 0 Å². The fourth-order valence-electron chi connectivity index (χ4n) is 1.42. The van der Waals surface area contributed by atoms with Crippen LogP contribution < -0.4 is 10.6 Å². The Morgan fingerprint density at radius 2 is 2.17 bits per heavy atom. The van der Waals surface area contributed by atoms with Crippen molar-refractivity contribution in [3.8, 4) is 0 Å². The number of hydrogen-bond acceptors (Lipinski definition) is 7. The Morgan fingerprint density at radius 3 is 2.83 bits per heavy atom. The first-order chi connectivity index (χ1) is 8.81. The third-order valence-electron chi connectivity index (χ3n) is 2.24. The number of hydrogen-bond donors (Lipinski definition) is 2. The van der Waals surface area contributed by atoms with E-state index in [-0.39, 0.29) is 0 Å². The number of nitrogens with zero attached hydrogens (tertiary/aromatic N) is 3. The van der Waals surface area contributed by atoms with Gasteiger partial charge in [-0.3, -0.25) is 0 Å². The zero-order valence-electron chi connectivity index (χ0n) is 10.3. The van der Waals surface area contributed by atoms with Crippen LogP contribution in [0.4, 0.5) is 11.6 Å². The SMILES string of the molecule is CNc1cc(NCc2cscn2)nc(COC)n1. The van der Waals surface area contributed by atoms with E-state index >= 15 is 0 Å². The van der Waals surface area contributed by atoms with Gasteiger partial charge in [-0.2, -0.15) is 0 Å². The van der Waals surface area contributed by atoms with Gasteiger partial charge in [-0.05, 0) is 0 Å². The Kier molecular flexibility index (Phi) is 4.43. The molecular weight excluding hydrogens is 250 g/mol.